The minimum atomic E-state index is -0.414. The number of hydrogen-bond acceptors (Lipinski definition) is 5. The number of piperidine rings is 1. The topological polar surface area (TPSA) is 85.9 Å². The van der Waals surface area contributed by atoms with E-state index in [9.17, 15) is 9.59 Å². The highest BCUT2D eigenvalue weighted by Crippen LogP contribution is 2.24. The van der Waals surface area contributed by atoms with Crippen LogP contribution in [0.15, 0.2) is 59.8 Å². The van der Waals surface area contributed by atoms with Crippen LogP contribution in [0.3, 0.4) is 0 Å². The molecule has 5 rings (SSSR count). The molecule has 3 aromatic heterocycles. The summed E-state index contributed by atoms with van der Waals surface area (Å²) in [7, 11) is 1.62. The van der Waals surface area contributed by atoms with Crippen molar-refractivity contribution in [1.82, 2.24) is 29.0 Å². The Bertz CT molecular complexity index is 1370. The summed E-state index contributed by atoms with van der Waals surface area (Å²) in [5.74, 6) is 1.01. The lowest BCUT2D eigenvalue weighted by Gasteiger charge is -2.31. The number of hydrogen-bond donors (Lipinski definition) is 0. The summed E-state index contributed by atoms with van der Waals surface area (Å²) in [5, 5.41) is 0.748. The maximum atomic E-state index is 13.3. The monoisotopic (exact) mass is 476 g/mol. The van der Waals surface area contributed by atoms with Gasteiger partial charge in [0.2, 0.25) is 0 Å². The third-order valence-corrected chi connectivity index (χ3v) is 6.79. The maximum Gasteiger partial charge on any atom is 0.338 e. The van der Waals surface area contributed by atoms with E-state index in [0.29, 0.717) is 36.0 Å². The third-order valence-electron chi connectivity index (χ3n) is 6.54. The van der Waals surface area contributed by atoms with E-state index in [1.54, 1.807) is 36.6 Å². The summed E-state index contributed by atoms with van der Waals surface area (Å²) < 4.78 is 2.59. The molecule has 174 valence electrons. The summed E-state index contributed by atoms with van der Waals surface area (Å²) in [6, 6.07) is 11.3. The standard InChI is InChI=1S/C25H25ClN6O2/c1-30-23-21(16-28-22(29-23)19-3-2-12-27-15-19)32(24(30)33)25(34)31-13-10-18(11-14-31)5-4-17-6-8-20(26)9-7-17/h2-3,6-9,12,15-16,18H,4-5,10-11,13-14H2,1H3. The molecule has 1 aliphatic rings. The molecule has 9 heteroatoms. The van der Waals surface area contributed by atoms with E-state index in [0.717, 1.165) is 36.3 Å². The van der Waals surface area contributed by atoms with Crippen molar-refractivity contribution in [2.24, 2.45) is 13.0 Å². The van der Waals surface area contributed by atoms with E-state index in [1.165, 1.54) is 14.7 Å². The first-order valence-corrected chi connectivity index (χ1v) is 11.8. The average molecular weight is 477 g/mol. The van der Waals surface area contributed by atoms with E-state index in [-0.39, 0.29) is 6.03 Å². The normalized spacial score (nSPS) is 14.6. The van der Waals surface area contributed by atoms with Crippen molar-refractivity contribution in [3.63, 3.8) is 0 Å². The van der Waals surface area contributed by atoms with Gasteiger partial charge >= 0.3 is 11.7 Å². The van der Waals surface area contributed by atoms with Gasteiger partial charge < -0.3 is 4.90 Å². The largest absolute Gasteiger partial charge is 0.338 e. The zero-order valence-electron chi connectivity index (χ0n) is 18.9. The van der Waals surface area contributed by atoms with Crippen LogP contribution < -0.4 is 5.69 Å². The number of carbonyl (C=O) groups excluding carboxylic acids is 1. The highest BCUT2D eigenvalue weighted by atomic mass is 35.5. The molecule has 0 bridgehead atoms. The minimum Gasteiger partial charge on any atom is -0.324 e. The molecule has 0 N–H and O–H groups in total. The third kappa shape index (κ3) is 4.33. The van der Waals surface area contributed by atoms with Crippen molar-refractivity contribution in [3.8, 4) is 11.4 Å². The van der Waals surface area contributed by atoms with Crippen LogP contribution in [-0.4, -0.2) is 48.1 Å². The molecule has 4 heterocycles. The van der Waals surface area contributed by atoms with Crippen LogP contribution in [0.5, 0.6) is 0 Å². The molecule has 0 saturated carbocycles. The Morgan fingerprint density at radius 3 is 2.59 bits per heavy atom. The number of nitrogens with zero attached hydrogens (tertiary/aromatic N) is 6. The van der Waals surface area contributed by atoms with E-state index in [4.69, 9.17) is 11.6 Å². The second kappa shape index (κ2) is 9.38. The molecule has 0 radical (unpaired) electrons. The van der Waals surface area contributed by atoms with Gasteiger partial charge in [-0.25, -0.2) is 24.1 Å². The van der Waals surface area contributed by atoms with Gasteiger partial charge in [-0.3, -0.25) is 9.55 Å². The number of likely N-dealkylation sites (tertiary alicyclic amines) is 1. The Morgan fingerprint density at radius 2 is 1.88 bits per heavy atom. The van der Waals surface area contributed by atoms with E-state index >= 15 is 0 Å². The fourth-order valence-corrected chi connectivity index (χ4v) is 4.64. The van der Waals surface area contributed by atoms with Crippen LogP contribution in [-0.2, 0) is 13.5 Å². The quantitative estimate of drug-likeness (QED) is 0.441. The van der Waals surface area contributed by atoms with E-state index in [2.05, 4.69) is 27.1 Å². The van der Waals surface area contributed by atoms with Crippen molar-refractivity contribution >= 4 is 28.8 Å². The zero-order chi connectivity index (χ0) is 23.7. The number of carbonyl (C=O) groups is 1. The second-order valence-corrected chi connectivity index (χ2v) is 9.14. The minimum absolute atomic E-state index is 0.315. The van der Waals surface area contributed by atoms with Crippen LogP contribution in [0.2, 0.25) is 5.02 Å². The lowest BCUT2D eigenvalue weighted by atomic mass is 9.90. The number of fused-ring (bicyclic) bond motifs is 1. The van der Waals surface area contributed by atoms with Gasteiger partial charge in [-0.05, 0) is 61.4 Å². The number of amides is 1. The first kappa shape index (κ1) is 22.3. The van der Waals surface area contributed by atoms with Gasteiger partial charge in [0.15, 0.2) is 11.5 Å². The van der Waals surface area contributed by atoms with Gasteiger partial charge in [-0.1, -0.05) is 23.7 Å². The molecule has 1 aliphatic heterocycles. The molecule has 8 nitrogen and oxygen atoms in total. The second-order valence-electron chi connectivity index (χ2n) is 8.70. The lowest BCUT2D eigenvalue weighted by Crippen LogP contribution is -2.44. The van der Waals surface area contributed by atoms with Gasteiger partial charge in [-0.15, -0.1) is 0 Å². The van der Waals surface area contributed by atoms with Crippen molar-refractivity contribution in [3.05, 3.63) is 76.1 Å². The molecular weight excluding hydrogens is 452 g/mol. The SMILES string of the molecule is Cn1c(=O)n(C(=O)N2CCC(CCc3ccc(Cl)cc3)CC2)c2cnc(-c3cccnc3)nc21. The van der Waals surface area contributed by atoms with Gasteiger partial charge in [0.05, 0.1) is 6.20 Å². The lowest BCUT2D eigenvalue weighted by molar-refractivity contribution is 0.169. The van der Waals surface area contributed by atoms with Crippen LogP contribution in [0.25, 0.3) is 22.6 Å². The van der Waals surface area contributed by atoms with Crippen molar-refractivity contribution in [2.45, 2.75) is 25.7 Å². The summed E-state index contributed by atoms with van der Waals surface area (Å²) >= 11 is 5.97. The van der Waals surface area contributed by atoms with Gasteiger partial charge in [0.25, 0.3) is 0 Å². The van der Waals surface area contributed by atoms with Gasteiger partial charge in [0, 0.05) is 43.1 Å². The number of pyridine rings is 1. The highest BCUT2D eigenvalue weighted by Gasteiger charge is 2.27. The predicted molar refractivity (Wildman–Crippen MR) is 131 cm³/mol. The van der Waals surface area contributed by atoms with Crippen LogP contribution in [0.4, 0.5) is 4.79 Å². The molecular formula is C25H25ClN6O2. The smallest absolute Gasteiger partial charge is 0.324 e. The molecule has 1 amide bonds. The number of rotatable bonds is 4. The Labute approximate surface area is 201 Å². The summed E-state index contributed by atoms with van der Waals surface area (Å²) in [6.07, 6.45) is 8.79. The maximum absolute atomic E-state index is 13.3. The zero-order valence-corrected chi connectivity index (χ0v) is 19.6. The van der Waals surface area contributed by atoms with Crippen LogP contribution in [0.1, 0.15) is 24.8 Å². The number of imidazole rings is 1. The van der Waals surface area contributed by atoms with Crippen LogP contribution >= 0.6 is 11.6 Å². The average Bonchev–Trinajstić information content (AvgIpc) is 3.13. The predicted octanol–water partition coefficient (Wildman–Crippen LogP) is 4.16. The van der Waals surface area contributed by atoms with Gasteiger partial charge in [0.1, 0.15) is 5.52 Å². The Balaban J connectivity index is 1.29. The van der Waals surface area contributed by atoms with Crippen molar-refractivity contribution in [2.75, 3.05) is 13.1 Å². The van der Waals surface area contributed by atoms with Gasteiger partial charge in [-0.2, -0.15) is 0 Å². The molecule has 0 aliphatic carbocycles. The fourth-order valence-electron chi connectivity index (χ4n) is 4.51. The van der Waals surface area contributed by atoms with Crippen molar-refractivity contribution < 1.29 is 4.79 Å². The highest BCUT2D eigenvalue weighted by molar-refractivity contribution is 6.30. The molecule has 4 aromatic rings. The molecule has 1 aromatic carbocycles. The molecule has 0 unspecified atom stereocenters. The van der Waals surface area contributed by atoms with Crippen LogP contribution in [0, 0.1) is 5.92 Å². The Hall–Kier alpha value is -3.52. The summed E-state index contributed by atoms with van der Waals surface area (Å²) in [6.45, 7) is 1.25. The van der Waals surface area contributed by atoms with E-state index < -0.39 is 5.69 Å². The molecule has 0 spiro atoms. The molecule has 1 saturated heterocycles. The number of benzene rings is 1. The summed E-state index contributed by atoms with van der Waals surface area (Å²) in [4.78, 5) is 41.1. The van der Waals surface area contributed by atoms with Crippen molar-refractivity contribution in [1.29, 1.82) is 0 Å². The Kier molecular flexibility index (Phi) is 6.15. The Morgan fingerprint density at radius 1 is 1.12 bits per heavy atom. The first-order valence-electron chi connectivity index (χ1n) is 11.4. The first-order chi connectivity index (χ1) is 16.5. The molecule has 34 heavy (non-hydrogen) atoms. The molecule has 1 fully saturated rings. The fraction of sp³-hybridized carbons (Fsp3) is 0.320. The number of aromatic nitrogens is 5. The van der Waals surface area contributed by atoms with E-state index in [1.807, 2.05) is 18.2 Å². The number of aryl methyl sites for hydroxylation is 2. The molecule has 0 atom stereocenters. The summed E-state index contributed by atoms with van der Waals surface area (Å²) in [5.41, 5.74) is 2.44. The number of halogens is 1.